The third kappa shape index (κ3) is 2.03. The molecule has 82 valence electrons. The zero-order chi connectivity index (χ0) is 11.5. The molecule has 2 aromatic rings. The van der Waals surface area contributed by atoms with E-state index in [4.69, 9.17) is 0 Å². The van der Waals surface area contributed by atoms with Crippen molar-refractivity contribution >= 4 is 6.29 Å². The summed E-state index contributed by atoms with van der Waals surface area (Å²) in [7, 11) is 0. The molecule has 0 amide bonds. The van der Waals surface area contributed by atoms with E-state index >= 15 is 0 Å². The lowest BCUT2D eigenvalue weighted by molar-refractivity contribution is 0.112. The molecule has 16 heavy (non-hydrogen) atoms. The topological polar surface area (TPSA) is 34.9 Å². The first kappa shape index (κ1) is 10.6. The van der Waals surface area contributed by atoms with Crippen molar-refractivity contribution in [2.24, 2.45) is 0 Å². The molecule has 1 aromatic heterocycles. The molecule has 3 nitrogen and oxygen atoms in total. The largest absolute Gasteiger partial charge is 0.298 e. The van der Waals surface area contributed by atoms with Crippen LogP contribution >= 0.6 is 0 Å². The summed E-state index contributed by atoms with van der Waals surface area (Å²) in [5.41, 5.74) is 4.39. The molecule has 1 heterocycles. The Morgan fingerprint density at radius 3 is 2.56 bits per heavy atom. The average molecular weight is 214 g/mol. The van der Waals surface area contributed by atoms with Gasteiger partial charge in [0.15, 0.2) is 6.29 Å². The van der Waals surface area contributed by atoms with Gasteiger partial charge in [-0.1, -0.05) is 18.2 Å². The van der Waals surface area contributed by atoms with Crippen molar-refractivity contribution in [3.05, 3.63) is 52.8 Å². The Morgan fingerprint density at radius 1 is 1.31 bits per heavy atom. The van der Waals surface area contributed by atoms with Gasteiger partial charge >= 0.3 is 0 Å². The maximum Gasteiger partial charge on any atom is 0.153 e. The number of nitrogens with zero attached hydrogens (tertiary/aromatic N) is 2. The van der Waals surface area contributed by atoms with Crippen LogP contribution in [0.2, 0.25) is 0 Å². The van der Waals surface area contributed by atoms with Crippen LogP contribution in [0.4, 0.5) is 0 Å². The standard InChI is InChI=1S/C13H14N2O/c1-10-4-3-5-11(2)13(10)8-15-7-12(9-16)6-14-15/h3-7,9H,8H2,1-2H3. The van der Waals surface area contributed by atoms with Gasteiger partial charge in [-0.15, -0.1) is 0 Å². The molecule has 0 radical (unpaired) electrons. The molecule has 2 rings (SSSR count). The van der Waals surface area contributed by atoms with Crippen LogP contribution in [0.1, 0.15) is 27.0 Å². The van der Waals surface area contributed by atoms with E-state index in [9.17, 15) is 4.79 Å². The minimum absolute atomic E-state index is 0.617. The summed E-state index contributed by atoms with van der Waals surface area (Å²) < 4.78 is 1.79. The molecule has 0 aliphatic heterocycles. The number of aryl methyl sites for hydroxylation is 2. The van der Waals surface area contributed by atoms with Gasteiger partial charge in [0.25, 0.3) is 0 Å². The van der Waals surface area contributed by atoms with Crippen molar-refractivity contribution in [2.45, 2.75) is 20.4 Å². The highest BCUT2D eigenvalue weighted by atomic mass is 16.1. The van der Waals surface area contributed by atoms with E-state index in [1.807, 2.05) is 6.07 Å². The van der Waals surface area contributed by atoms with Gasteiger partial charge in [-0.25, -0.2) is 0 Å². The third-order valence-electron chi connectivity index (χ3n) is 2.75. The Hall–Kier alpha value is -1.90. The Kier molecular flexibility index (Phi) is 2.86. The first-order valence-corrected chi connectivity index (χ1v) is 5.23. The maximum atomic E-state index is 10.6. The van der Waals surface area contributed by atoms with E-state index in [2.05, 4.69) is 31.1 Å². The second-order valence-corrected chi connectivity index (χ2v) is 3.96. The molecule has 0 bridgehead atoms. The molecule has 1 aromatic carbocycles. The molecule has 0 atom stereocenters. The highest BCUT2D eigenvalue weighted by Gasteiger charge is 2.04. The van der Waals surface area contributed by atoms with Crippen LogP contribution < -0.4 is 0 Å². The van der Waals surface area contributed by atoms with Gasteiger partial charge in [-0.2, -0.15) is 5.10 Å². The fourth-order valence-corrected chi connectivity index (χ4v) is 1.79. The molecule has 0 saturated heterocycles. The average Bonchev–Trinajstić information content (AvgIpc) is 2.71. The Bertz CT molecular complexity index is 494. The van der Waals surface area contributed by atoms with Crippen LogP contribution in [-0.2, 0) is 6.54 Å². The van der Waals surface area contributed by atoms with Crippen LogP contribution in [0.3, 0.4) is 0 Å². The van der Waals surface area contributed by atoms with E-state index in [-0.39, 0.29) is 0 Å². The minimum atomic E-state index is 0.617. The van der Waals surface area contributed by atoms with Crippen molar-refractivity contribution < 1.29 is 4.79 Å². The summed E-state index contributed by atoms with van der Waals surface area (Å²) in [4.78, 5) is 10.6. The first-order chi connectivity index (χ1) is 7.70. The van der Waals surface area contributed by atoms with Crippen molar-refractivity contribution in [2.75, 3.05) is 0 Å². The highest BCUT2D eigenvalue weighted by molar-refractivity contribution is 5.73. The lowest BCUT2D eigenvalue weighted by atomic mass is 10.0. The summed E-state index contributed by atoms with van der Waals surface area (Å²) >= 11 is 0. The second-order valence-electron chi connectivity index (χ2n) is 3.96. The zero-order valence-electron chi connectivity index (χ0n) is 9.47. The molecule has 0 aliphatic rings. The number of hydrogen-bond acceptors (Lipinski definition) is 2. The number of hydrogen-bond donors (Lipinski definition) is 0. The van der Waals surface area contributed by atoms with Gasteiger partial charge < -0.3 is 0 Å². The van der Waals surface area contributed by atoms with Gasteiger partial charge in [-0.05, 0) is 30.5 Å². The van der Waals surface area contributed by atoms with Crippen molar-refractivity contribution in [3.8, 4) is 0 Å². The summed E-state index contributed by atoms with van der Waals surface area (Å²) in [6, 6.07) is 6.23. The van der Waals surface area contributed by atoms with Gasteiger partial charge in [0.1, 0.15) is 0 Å². The quantitative estimate of drug-likeness (QED) is 0.735. The van der Waals surface area contributed by atoms with Gasteiger partial charge in [-0.3, -0.25) is 9.48 Å². The van der Waals surface area contributed by atoms with Gasteiger partial charge in [0.2, 0.25) is 0 Å². The van der Waals surface area contributed by atoms with Crippen LogP contribution in [0.5, 0.6) is 0 Å². The number of benzene rings is 1. The van der Waals surface area contributed by atoms with Crippen LogP contribution in [0.25, 0.3) is 0 Å². The lowest BCUT2D eigenvalue weighted by Crippen LogP contribution is -2.03. The molecular weight excluding hydrogens is 200 g/mol. The zero-order valence-corrected chi connectivity index (χ0v) is 9.47. The summed E-state index contributed by atoms with van der Waals surface area (Å²) in [5.74, 6) is 0. The SMILES string of the molecule is Cc1cccc(C)c1Cn1cc(C=O)cn1. The third-order valence-corrected chi connectivity index (χ3v) is 2.75. The van der Waals surface area contributed by atoms with Crippen molar-refractivity contribution in [3.63, 3.8) is 0 Å². The predicted octanol–water partition coefficient (Wildman–Crippen LogP) is 2.36. The smallest absolute Gasteiger partial charge is 0.153 e. The van der Waals surface area contributed by atoms with Crippen molar-refractivity contribution in [1.82, 2.24) is 9.78 Å². The summed E-state index contributed by atoms with van der Waals surface area (Å²) in [6.07, 6.45) is 4.16. The molecule has 0 unspecified atom stereocenters. The molecule has 0 spiro atoms. The number of carbonyl (C=O) groups is 1. The lowest BCUT2D eigenvalue weighted by Gasteiger charge is -2.09. The van der Waals surface area contributed by atoms with E-state index < -0.39 is 0 Å². The fourth-order valence-electron chi connectivity index (χ4n) is 1.79. The second kappa shape index (κ2) is 4.31. The highest BCUT2D eigenvalue weighted by Crippen LogP contribution is 2.14. The summed E-state index contributed by atoms with van der Waals surface area (Å²) in [6.45, 7) is 4.89. The predicted molar refractivity (Wildman–Crippen MR) is 62.6 cm³/mol. The molecule has 0 aliphatic carbocycles. The van der Waals surface area contributed by atoms with Gasteiger partial charge in [0, 0.05) is 6.20 Å². The van der Waals surface area contributed by atoms with Crippen LogP contribution in [0, 0.1) is 13.8 Å². The molecule has 0 saturated carbocycles. The number of aldehydes is 1. The van der Waals surface area contributed by atoms with E-state index in [1.165, 1.54) is 16.7 Å². The molecule has 0 fully saturated rings. The number of carbonyl (C=O) groups excluding carboxylic acids is 1. The number of rotatable bonds is 3. The minimum Gasteiger partial charge on any atom is -0.298 e. The normalized spacial score (nSPS) is 10.4. The monoisotopic (exact) mass is 214 g/mol. The first-order valence-electron chi connectivity index (χ1n) is 5.23. The molecule has 3 heteroatoms. The maximum absolute atomic E-state index is 10.6. The van der Waals surface area contributed by atoms with Crippen LogP contribution in [-0.4, -0.2) is 16.1 Å². The summed E-state index contributed by atoms with van der Waals surface area (Å²) in [5, 5.41) is 4.15. The van der Waals surface area contributed by atoms with E-state index in [0.29, 0.717) is 12.1 Å². The Balaban J connectivity index is 2.29. The van der Waals surface area contributed by atoms with E-state index in [0.717, 1.165) is 6.29 Å². The number of aromatic nitrogens is 2. The fraction of sp³-hybridized carbons (Fsp3) is 0.231. The van der Waals surface area contributed by atoms with Crippen molar-refractivity contribution in [1.29, 1.82) is 0 Å². The van der Waals surface area contributed by atoms with Crippen LogP contribution in [0.15, 0.2) is 30.6 Å². The van der Waals surface area contributed by atoms with E-state index in [1.54, 1.807) is 17.1 Å². The molecular formula is C13H14N2O. The Labute approximate surface area is 94.7 Å². The Morgan fingerprint density at radius 2 is 2.00 bits per heavy atom. The molecule has 0 N–H and O–H groups in total. The van der Waals surface area contributed by atoms with Gasteiger partial charge in [0.05, 0.1) is 18.3 Å².